The molecule has 16 heavy (non-hydrogen) atoms. The maximum Gasteiger partial charge on any atom is 0.178 e. The van der Waals surface area contributed by atoms with Gasteiger partial charge < -0.3 is 14.3 Å². The van der Waals surface area contributed by atoms with Gasteiger partial charge in [-0.3, -0.25) is 0 Å². The standard InChI is InChI=1S/C12H16N2OS/c1-9-4-5-11-10(8-9)13-12(16)14(11)6-3-7-15-2/h4-5,8H,3,6-7H2,1-2H3,(H,13,16). The molecular weight excluding hydrogens is 220 g/mol. The van der Waals surface area contributed by atoms with E-state index in [4.69, 9.17) is 17.0 Å². The van der Waals surface area contributed by atoms with E-state index in [1.165, 1.54) is 11.1 Å². The Bertz CT molecular complexity index is 541. The number of ether oxygens (including phenoxy) is 1. The van der Waals surface area contributed by atoms with Crippen molar-refractivity contribution in [1.82, 2.24) is 9.55 Å². The van der Waals surface area contributed by atoms with E-state index >= 15 is 0 Å². The van der Waals surface area contributed by atoms with Gasteiger partial charge in [-0.2, -0.15) is 0 Å². The lowest BCUT2D eigenvalue weighted by Crippen LogP contribution is -2.01. The van der Waals surface area contributed by atoms with Crippen LogP contribution in [-0.4, -0.2) is 23.3 Å². The number of nitrogens with one attached hydrogen (secondary N) is 1. The van der Waals surface area contributed by atoms with Gasteiger partial charge in [-0.05, 0) is 43.3 Å². The summed E-state index contributed by atoms with van der Waals surface area (Å²) in [4.78, 5) is 3.23. The van der Waals surface area contributed by atoms with Crippen molar-refractivity contribution < 1.29 is 4.74 Å². The van der Waals surface area contributed by atoms with E-state index in [0.29, 0.717) is 0 Å². The fraction of sp³-hybridized carbons (Fsp3) is 0.417. The second kappa shape index (κ2) is 4.80. The zero-order valence-corrected chi connectivity index (χ0v) is 10.4. The van der Waals surface area contributed by atoms with Gasteiger partial charge in [0, 0.05) is 20.3 Å². The molecule has 1 N–H and O–H groups in total. The van der Waals surface area contributed by atoms with Crippen molar-refractivity contribution in [3.63, 3.8) is 0 Å². The van der Waals surface area contributed by atoms with Crippen molar-refractivity contribution in [3.05, 3.63) is 28.5 Å². The number of imidazole rings is 1. The third kappa shape index (κ3) is 2.18. The summed E-state index contributed by atoms with van der Waals surface area (Å²) in [6.07, 6.45) is 0.978. The Kier molecular flexibility index (Phi) is 3.41. The van der Waals surface area contributed by atoms with E-state index < -0.39 is 0 Å². The van der Waals surface area contributed by atoms with Crippen molar-refractivity contribution in [2.24, 2.45) is 0 Å². The Morgan fingerprint density at radius 3 is 3.00 bits per heavy atom. The van der Waals surface area contributed by atoms with Gasteiger partial charge in [-0.15, -0.1) is 0 Å². The zero-order chi connectivity index (χ0) is 11.5. The van der Waals surface area contributed by atoms with Crippen LogP contribution in [0.2, 0.25) is 0 Å². The van der Waals surface area contributed by atoms with E-state index in [9.17, 15) is 0 Å². The SMILES string of the molecule is COCCCn1c(=S)[nH]c2cc(C)ccc21. The number of rotatable bonds is 4. The van der Waals surface area contributed by atoms with Gasteiger partial charge in [0.1, 0.15) is 0 Å². The molecular formula is C12H16N2OS. The fourth-order valence-corrected chi connectivity index (χ4v) is 2.17. The summed E-state index contributed by atoms with van der Waals surface area (Å²) in [5.74, 6) is 0. The number of aromatic nitrogens is 2. The molecule has 86 valence electrons. The minimum Gasteiger partial charge on any atom is -0.385 e. The smallest absolute Gasteiger partial charge is 0.178 e. The number of nitrogens with zero attached hydrogens (tertiary/aromatic N) is 1. The molecule has 2 aromatic rings. The molecule has 0 saturated heterocycles. The van der Waals surface area contributed by atoms with Crippen LogP contribution in [0.5, 0.6) is 0 Å². The summed E-state index contributed by atoms with van der Waals surface area (Å²) < 4.78 is 7.97. The number of aryl methyl sites for hydroxylation is 2. The highest BCUT2D eigenvalue weighted by Gasteiger charge is 2.03. The minimum atomic E-state index is 0.764. The number of H-pyrrole nitrogens is 1. The number of methoxy groups -OCH3 is 1. The average molecular weight is 236 g/mol. The molecule has 0 aliphatic carbocycles. The molecule has 0 fully saturated rings. The maximum atomic E-state index is 5.31. The molecule has 1 aromatic carbocycles. The first-order valence-electron chi connectivity index (χ1n) is 5.40. The quantitative estimate of drug-likeness (QED) is 0.653. The molecule has 0 aliphatic rings. The zero-order valence-electron chi connectivity index (χ0n) is 9.62. The average Bonchev–Trinajstić information content (AvgIpc) is 2.55. The first kappa shape index (κ1) is 11.4. The molecule has 0 amide bonds. The third-order valence-electron chi connectivity index (χ3n) is 2.66. The molecule has 1 aromatic heterocycles. The number of benzene rings is 1. The van der Waals surface area contributed by atoms with Crippen molar-refractivity contribution in [2.75, 3.05) is 13.7 Å². The minimum absolute atomic E-state index is 0.764. The highest BCUT2D eigenvalue weighted by atomic mass is 32.1. The summed E-state index contributed by atoms with van der Waals surface area (Å²) in [6.45, 7) is 3.74. The van der Waals surface area contributed by atoms with Crippen LogP contribution in [0.25, 0.3) is 11.0 Å². The van der Waals surface area contributed by atoms with Crippen LogP contribution in [-0.2, 0) is 11.3 Å². The Hall–Kier alpha value is -1.13. The van der Waals surface area contributed by atoms with E-state index in [0.717, 1.165) is 29.9 Å². The second-order valence-corrected chi connectivity index (χ2v) is 4.34. The van der Waals surface area contributed by atoms with Crippen LogP contribution in [0.4, 0.5) is 0 Å². The number of hydrogen-bond acceptors (Lipinski definition) is 2. The molecule has 0 radical (unpaired) electrons. The molecule has 1 heterocycles. The van der Waals surface area contributed by atoms with Gasteiger partial charge in [-0.25, -0.2) is 0 Å². The number of hydrogen-bond donors (Lipinski definition) is 1. The summed E-state index contributed by atoms with van der Waals surface area (Å²) in [5, 5.41) is 0. The van der Waals surface area contributed by atoms with Crippen LogP contribution < -0.4 is 0 Å². The Labute approximate surface area is 100 Å². The number of aromatic amines is 1. The van der Waals surface area contributed by atoms with Crippen LogP contribution in [0, 0.1) is 11.7 Å². The monoisotopic (exact) mass is 236 g/mol. The van der Waals surface area contributed by atoms with Gasteiger partial charge in [-0.1, -0.05) is 6.07 Å². The molecule has 0 spiro atoms. The lowest BCUT2D eigenvalue weighted by Gasteiger charge is -2.03. The predicted molar refractivity (Wildman–Crippen MR) is 68.4 cm³/mol. The Morgan fingerprint density at radius 2 is 2.25 bits per heavy atom. The van der Waals surface area contributed by atoms with Gasteiger partial charge >= 0.3 is 0 Å². The normalized spacial score (nSPS) is 11.1. The molecule has 0 atom stereocenters. The van der Waals surface area contributed by atoms with Gasteiger partial charge in [0.2, 0.25) is 0 Å². The summed E-state index contributed by atoms with van der Waals surface area (Å²) >= 11 is 5.31. The second-order valence-electron chi connectivity index (χ2n) is 3.95. The van der Waals surface area contributed by atoms with Gasteiger partial charge in [0.25, 0.3) is 0 Å². The Balaban J connectivity index is 2.36. The first-order chi connectivity index (χ1) is 7.72. The number of fused-ring (bicyclic) bond motifs is 1. The van der Waals surface area contributed by atoms with Gasteiger partial charge in [0.15, 0.2) is 4.77 Å². The third-order valence-corrected chi connectivity index (χ3v) is 2.98. The summed E-state index contributed by atoms with van der Waals surface area (Å²) in [6, 6.07) is 6.35. The summed E-state index contributed by atoms with van der Waals surface area (Å²) in [5.41, 5.74) is 3.53. The Morgan fingerprint density at radius 1 is 1.44 bits per heavy atom. The topological polar surface area (TPSA) is 29.9 Å². The lowest BCUT2D eigenvalue weighted by atomic mass is 10.2. The molecule has 2 rings (SSSR count). The van der Waals surface area contributed by atoms with E-state index in [-0.39, 0.29) is 0 Å². The van der Waals surface area contributed by atoms with Crippen LogP contribution in [0.1, 0.15) is 12.0 Å². The highest BCUT2D eigenvalue weighted by Crippen LogP contribution is 2.16. The van der Waals surface area contributed by atoms with E-state index in [2.05, 4.69) is 34.7 Å². The fourth-order valence-electron chi connectivity index (χ4n) is 1.87. The van der Waals surface area contributed by atoms with Crippen molar-refractivity contribution in [1.29, 1.82) is 0 Å². The maximum absolute atomic E-state index is 5.31. The molecule has 0 bridgehead atoms. The van der Waals surface area contributed by atoms with Crippen molar-refractivity contribution in [3.8, 4) is 0 Å². The highest BCUT2D eigenvalue weighted by molar-refractivity contribution is 7.71. The van der Waals surface area contributed by atoms with E-state index in [1.807, 2.05) is 0 Å². The summed E-state index contributed by atoms with van der Waals surface area (Å²) in [7, 11) is 1.72. The van der Waals surface area contributed by atoms with E-state index in [1.54, 1.807) is 7.11 Å². The van der Waals surface area contributed by atoms with Crippen molar-refractivity contribution in [2.45, 2.75) is 19.9 Å². The van der Waals surface area contributed by atoms with Crippen LogP contribution >= 0.6 is 12.2 Å². The van der Waals surface area contributed by atoms with Gasteiger partial charge in [0.05, 0.1) is 11.0 Å². The van der Waals surface area contributed by atoms with Crippen molar-refractivity contribution >= 4 is 23.3 Å². The molecule has 0 saturated carbocycles. The molecule has 0 unspecified atom stereocenters. The molecule has 4 heteroatoms. The predicted octanol–water partition coefficient (Wildman–Crippen LogP) is 3.04. The molecule has 3 nitrogen and oxygen atoms in total. The molecule has 0 aliphatic heterocycles. The van der Waals surface area contributed by atoms with Crippen LogP contribution in [0.3, 0.4) is 0 Å². The largest absolute Gasteiger partial charge is 0.385 e. The van der Waals surface area contributed by atoms with Crippen LogP contribution in [0.15, 0.2) is 18.2 Å². The lowest BCUT2D eigenvalue weighted by molar-refractivity contribution is 0.190. The first-order valence-corrected chi connectivity index (χ1v) is 5.81.